The third-order valence-corrected chi connectivity index (χ3v) is 5.98. The quantitative estimate of drug-likeness (QED) is 0.744. The second-order valence-electron chi connectivity index (χ2n) is 8.11. The Kier molecular flexibility index (Phi) is 6.25. The lowest BCUT2D eigenvalue weighted by Crippen LogP contribution is -2.49. The van der Waals surface area contributed by atoms with Crippen LogP contribution in [0.25, 0.3) is 0 Å². The smallest absolute Gasteiger partial charge is 0.324 e. The number of anilines is 1. The average molecular weight is 446 g/mol. The van der Waals surface area contributed by atoms with Crippen molar-refractivity contribution in [2.45, 2.75) is 31.6 Å². The number of likely N-dealkylation sites (tertiary alicyclic amines) is 1. The lowest BCUT2D eigenvalue weighted by atomic mass is 10.0. The molecule has 4 amide bonds. The molecule has 0 bridgehead atoms. The van der Waals surface area contributed by atoms with Crippen molar-refractivity contribution in [1.29, 1.82) is 0 Å². The molecular weight excluding hydrogens is 421 g/mol. The summed E-state index contributed by atoms with van der Waals surface area (Å²) < 4.78 is 38.6. The van der Waals surface area contributed by atoms with Gasteiger partial charge < -0.3 is 20.0 Å². The van der Waals surface area contributed by atoms with Crippen LogP contribution < -0.4 is 5.32 Å². The van der Waals surface area contributed by atoms with Gasteiger partial charge in [0.1, 0.15) is 0 Å². The van der Waals surface area contributed by atoms with Crippen molar-refractivity contribution in [3.8, 4) is 0 Å². The standard InChI is InChI=1S/C23H25F3N4O2/c24-23(25,26)18-7-4-8-19(15-18)27-21(31)28-11-9-20(10-12-28)30-14-13-29(22(30)32)16-17-5-2-1-3-6-17/h1-8,15,20H,9-14,16H2,(H,27,31). The highest BCUT2D eigenvalue weighted by Crippen LogP contribution is 2.31. The SMILES string of the molecule is O=C(Nc1cccc(C(F)(F)F)c1)N1CCC(N2CCN(Cc3ccccc3)C2=O)CC1. The van der Waals surface area contributed by atoms with Crippen LogP contribution in [0.1, 0.15) is 24.0 Å². The summed E-state index contributed by atoms with van der Waals surface area (Å²) in [5.74, 6) is 0. The molecule has 0 aliphatic carbocycles. The van der Waals surface area contributed by atoms with Gasteiger partial charge in [-0.15, -0.1) is 0 Å². The molecule has 1 N–H and O–H groups in total. The molecule has 0 saturated carbocycles. The van der Waals surface area contributed by atoms with Gasteiger partial charge in [0.25, 0.3) is 0 Å². The highest BCUT2D eigenvalue weighted by molar-refractivity contribution is 5.89. The van der Waals surface area contributed by atoms with Crippen LogP contribution in [0.2, 0.25) is 0 Å². The molecule has 6 nitrogen and oxygen atoms in total. The highest BCUT2D eigenvalue weighted by Gasteiger charge is 2.36. The molecule has 2 heterocycles. The van der Waals surface area contributed by atoms with E-state index in [4.69, 9.17) is 0 Å². The fourth-order valence-corrected chi connectivity index (χ4v) is 4.25. The van der Waals surface area contributed by atoms with E-state index in [1.165, 1.54) is 12.1 Å². The Balaban J connectivity index is 1.29. The Hall–Kier alpha value is -3.23. The summed E-state index contributed by atoms with van der Waals surface area (Å²) in [5, 5.41) is 2.55. The number of carbonyl (C=O) groups excluding carboxylic acids is 2. The Morgan fingerprint density at radius 2 is 1.69 bits per heavy atom. The number of hydrogen-bond donors (Lipinski definition) is 1. The van der Waals surface area contributed by atoms with E-state index in [9.17, 15) is 22.8 Å². The molecule has 2 aromatic rings. The molecule has 32 heavy (non-hydrogen) atoms. The van der Waals surface area contributed by atoms with Gasteiger partial charge in [-0.2, -0.15) is 13.2 Å². The summed E-state index contributed by atoms with van der Waals surface area (Å²) in [6, 6.07) is 14.1. The maximum absolute atomic E-state index is 12.9. The van der Waals surface area contributed by atoms with Crippen molar-refractivity contribution in [3.63, 3.8) is 0 Å². The first kappa shape index (κ1) is 22.0. The van der Waals surface area contributed by atoms with Crippen LogP contribution in [-0.2, 0) is 12.7 Å². The molecule has 2 aliphatic heterocycles. The van der Waals surface area contributed by atoms with Crippen LogP contribution in [0.5, 0.6) is 0 Å². The van der Waals surface area contributed by atoms with Gasteiger partial charge in [0, 0.05) is 44.5 Å². The minimum Gasteiger partial charge on any atom is -0.324 e. The van der Waals surface area contributed by atoms with Gasteiger partial charge in [0.15, 0.2) is 0 Å². The molecular formula is C23H25F3N4O2. The predicted molar refractivity (Wildman–Crippen MR) is 114 cm³/mol. The van der Waals surface area contributed by atoms with Crippen molar-refractivity contribution in [2.75, 3.05) is 31.5 Å². The summed E-state index contributed by atoms with van der Waals surface area (Å²) in [4.78, 5) is 30.7. The summed E-state index contributed by atoms with van der Waals surface area (Å²) in [7, 11) is 0. The van der Waals surface area contributed by atoms with Crippen LogP contribution in [0.4, 0.5) is 28.4 Å². The van der Waals surface area contributed by atoms with Crippen molar-refractivity contribution >= 4 is 17.7 Å². The van der Waals surface area contributed by atoms with Gasteiger partial charge in [0.05, 0.1) is 5.56 Å². The summed E-state index contributed by atoms with van der Waals surface area (Å²) >= 11 is 0. The second-order valence-corrected chi connectivity index (χ2v) is 8.11. The van der Waals surface area contributed by atoms with Crippen molar-refractivity contribution < 1.29 is 22.8 Å². The monoisotopic (exact) mass is 446 g/mol. The lowest BCUT2D eigenvalue weighted by Gasteiger charge is -2.36. The number of halogens is 3. The number of carbonyl (C=O) groups is 2. The van der Waals surface area contributed by atoms with E-state index >= 15 is 0 Å². The number of piperidine rings is 1. The summed E-state index contributed by atoms with van der Waals surface area (Å²) in [5.41, 5.74) is 0.392. The topological polar surface area (TPSA) is 55.9 Å². The third-order valence-electron chi connectivity index (χ3n) is 5.98. The molecule has 0 unspecified atom stereocenters. The molecule has 0 spiro atoms. The minimum absolute atomic E-state index is 0.0146. The molecule has 0 radical (unpaired) electrons. The number of amides is 4. The molecule has 2 aromatic carbocycles. The lowest BCUT2D eigenvalue weighted by molar-refractivity contribution is -0.137. The van der Waals surface area contributed by atoms with Crippen LogP contribution >= 0.6 is 0 Å². The molecule has 2 saturated heterocycles. The van der Waals surface area contributed by atoms with Crippen molar-refractivity contribution in [2.24, 2.45) is 0 Å². The number of benzene rings is 2. The average Bonchev–Trinajstić information content (AvgIpc) is 3.14. The molecule has 2 aliphatic rings. The van der Waals surface area contributed by atoms with Crippen LogP contribution in [0.3, 0.4) is 0 Å². The van der Waals surface area contributed by atoms with Crippen molar-refractivity contribution in [1.82, 2.24) is 14.7 Å². The second kappa shape index (κ2) is 9.10. The van der Waals surface area contributed by atoms with Gasteiger partial charge in [-0.3, -0.25) is 0 Å². The van der Waals surface area contributed by atoms with E-state index in [-0.39, 0.29) is 17.8 Å². The van der Waals surface area contributed by atoms with Gasteiger partial charge in [-0.1, -0.05) is 36.4 Å². The zero-order valence-corrected chi connectivity index (χ0v) is 17.5. The highest BCUT2D eigenvalue weighted by atomic mass is 19.4. The van der Waals surface area contributed by atoms with E-state index in [1.54, 1.807) is 4.90 Å². The van der Waals surface area contributed by atoms with Gasteiger partial charge in [-0.25, -0.2) is 9.59 Å². The van der Waals surface area contributed by atoms with E-state index in [0.29, 0.717) is 45.6 Å². The Labute approximate surface area is 184 Å². The van der Waals surface area contributed by atoms with E-state index in [1.807, 2.05) is 40.1 Å². The number of urea groups is 2. The number of nitrogens with one attached hydrogen (secondary N) is 1. The Bertz CT molecular complexity index is 959. The maximum Gasteiger partial charge on any atom is 0.416 e. The summed E-state index contributed by atoms with van der Waals surface area (Å²) in [6.07, 6.45) is -3.18. The number of nitrogens with zero attached hydrogens (tertiary/aromatic N) is 3. The molecule has 170 valence electrons. The summed E-state index contributed by atoms with van der Waals surface area (Å²) in [6.45, 7) is 2.79. The normalized spacial score (nSPS) is 17.7. The zero-order valence-electron chi connectivity index (χ0n) is 17.5. The van der Waals surface area contributed by atoms with Crippen LogP contribution in [-0.4, -0.2) is 59.0 Å². The largest absolute Gasteiger partial charge is 0.416 e. The van der Waals surface area contributed by atoms with E-state index < -0.39 is 17.8 Å². The zero-order chi connectivity index (χ0) is 22.7. The molecule has 0 aromatic heterocycles. The fraction of sp³-hybridized carbons (Fsp3) is 0.391. The maximum atomic E-state index is 12.9. The molecule has 9 heteroatoms. The Morgan fingerprint density at radius 3 is 2.38 bits per heavy atom. The van der Waals surface area contributed by atoms with Crippen LogP contribution in [0, 0.1) is 0 Å². The Morgan fingerprint density at radius 1 is 0.969 bits per heavy atom. The number of hydrogen-bond acceptors (Lipinski definition) is 2. The molecule has 0 atom stereocenters. The first-order valence-corrected chi connectivity index (χ1v) is 10.6. The minimum atomic E-state index is -4.46. The number of alkyl halides is 3. The van der Waals surface area contributed by atoms with Gasteiger partial charge in [0.2, 0.25) is 0 Å². The van der Waals surface area contributed by atoms with E-state index in [2.05, 4.69) is 5.32 Å². The fourth-order valence-electron chi connectivity index (χ4n) is 4.25. The van der Waals surface area contributed by atoms with Crippen LogP contribution in [0.15, 0.2) is 54.6 Å². The van der Waals surface area contributed by atoms with E-state index in [0.717, 1.165) is 17.7 Å². The van der Waals surface area contributed by atoms with Gasteiger partial charge in [-0.05, 0) is 36.6 Å². The predicted octanol–water partition coefficient (Wildman–Crippen LogP) is 4.64. The first-order chi connectivity index (χ1) is 15.3. The number of rotatable bonds is 4. The van der Waals surface area contributed by atoms with Crippen molar-refractivity contribution in [3.05, 3.63) is 65.7 Å². The third kappa shape index (κ3) is 4.98. The molecule has 2 fully saturated rings. The first-order valence-electron chi connectivity index (χ1n) is 10.6. The van der Waals surface area contributed by atoms with Gasteiger partial charge >= 0.3 is 18.2 Å². The molecule has 4 rings (SSSR count).